The van der Waals surface area contributed by atoms with Crippen LogP contribution in [0.25, 0.3) is 0 Å². The van der Waals surface area contributed by atoms with Gasteiger partial charge in [0, 0.05) is 39.9 Å². The van der Waals surface area contributed by atoms with Gasteiger partial charge in [-0.25, -0.2) is 0 Å². The SMILES string of the molecule is CO.CO.NC(C(=O)NC1C[C@@H](O)CC(CO)O1)c1ccc(OC2C[C@@H](O)CC(CO)O2)cc1. The molecule has 0 aliphatic carbocycles. The van der Waals surface area contributed by atoms with Gasteiger partial charge in [-0.1, -0.05) is 12.1 Å². The second kappa shape index (κ2) is 15.9. The van der Waals surface area contributed by atoms with E-state index in [9.17, 15) is 25.2 Å². The smallest absolute Gasteiger partial charge is 0.243 e. The van der Waals surface area contributed by atoms with Crippen LogP contribution in [-0.4, -0.2) is 101 Å². The largest absolute Gasteiger partial charge is 0.465 e. The third kappa shape index (κ3) is 9.41. The molecule has 9 N–H and O–H groups in total. The van der Waals surface area contributed by atoms with E-state index >= 15 is 0 Å². The van der Waals surface area contributed by atoms with Crippen LogP contribution < -0.4 is 15.8 Å². The Morgan fingerprint density at radius 3 is 2.06 bits per heavy atom. The van der Waals surface area contributed by atoms with Crippen LogP contribution in [0.15, 0.2) is 24.3 Å². The van der Waals surface area contributed by atoms with Crippen molar-refractivity contribution in [3.63, 3.8) is 0 Å². The van der Waals surface area contributed by atoms with Crippen molar-refractivity contribution in [2.45, 2.75) is 68.7 Å². The molecule has 2 heterocycles. The number of aliphatic hydroxyl groups excluding tert-OH is 6. The zero-order valence-corrected chi connectivity index (χ0v) is 19.5. The number of benzene rings is 1. The Hall–Kier alpha value is -1.87. The van der Waals surface area contributed by atoms with E-state index in [1.54, 1.807) is 24.3 Å². The van der Waals surface area contributed by atoms with Gasteiger partial charge >= 0.3 is 0 Å². The Kier molecular flexibility index (Phi) is 14.1. The second-order valence-corrected chi connectivity index (χ2v) is 7.72. The fraction of sp³-hybridized carbons (Fsp3) is 0.682. The van der Waals surface area contributed by atoms with Crippen molar-refractivity contribution in [3.05, 3.63) is 29.8 Å². The van der Waals surface area contributed by atoms with E-state index in [4.69, 9.17) is 30.2 Å². The molecule has 12 heteroatoms. The lowest BCUT2D eigenvalue weighted by molar-refractivity contribution is -0.184. The number of rotatable bonds is 7. The van der Waals surface area contributed by atoms with Crippen molar-refractivity contribution in [3.8, 4) is 5.75 Å². The molecule has 2 fully saturated rings. The first kappa shape index (κ1) is 30.2. The third-order valence-electron chi connectivity index (χ3n) is 5.22. The maximum atomic E-state index is 12.5. The predicted octanol–water partition coefficient (Wildman–Crippen LogP) is -1.88. The standard InChI is InChI=1S/C20H30N2O8.2CH4O/c21-19(20(27)22-17-7-12(25)5-15(9-23)28-17)11-1-3-14(4-2-11)29-18-8-13(26)6-16(10-24)30-18;2*1-2/h1-4,12-13,15-19,23-26H,5-10,21H2,(H,22,27);2*2H,1H3/t12-,13-,15?,16?,17?,18?,19?;;/m0../s1. The minimum atomic E-state index is -0.958. The number of amides is 1. The van der Waals surface area contributed by atoms with Crippen LogP contribution in [0.4, 0.5) is 0 Å². The van der Waals surface area contributed by atoms with Crippen LogP contribution in [0, 0.1) is 0 Å². The van der Waals surface area contributed by atoms with E-state index in [1.165, 1.54) is 0 Å². The number of nitrogens with one attached hydrogen (secondary N) is 1. The molecule has 5 unspecified atom stereocenters. The predicted molar refractivity (Wildman–Crippen MR) is 120 cm³/mol. The first-order valence-corrected chi connectivity index (χ1v) is 11.0. The molecule has 0 spiro atoms. The van der Waals surface area contributed by atoms with E-state index in [1.807, 2.05) is 0 Å². The Morgan fingerprint density at radius 1 is 0.971 bits per heavy atom. The molecule has 7 atom stereocenters. The number of nitrogens with two attached hydrogens (primary N) is 1. The molecule has 1 aromatic carbocycles. The van der Waals surface area contributed by atoms with Gasteiger partial charge in [-0.15, -0.1) is 0 Å². The first-order chi connectivity index (χ1) is 16.4. The topological polar surface area (TPSA) is 204 Å². The number of carbonyl (C=O) groups is 1. The fourth-order valence-electron chi connectivity index (χ4n) is 3.65. The van der Waals surface area contributed by atoms with Gasteiger partial charge in [0.05, 0.1) is 37.6 Å². The van der Waals surface area contributed by atoms with E-state index in [-0.39, 0.29) is 19.6 Å². The third-order valence-corrected chi connectivity index (χ3v) is 5.22. The van der Waals surface area contributed by atoms with Gasteiger partial charge in [-0.05, 0) is 17.7 Å². The number of aliphatic hydroxyl groups is 6. The van der Waals surface area contributed by atoms with Gasteiger partial charge in [0.25, 0.3) is 0 Å². The number of hydrogen-bond donors (Lipinski definition) is 8. The summed E-state index contributed by atoms with van der Waals surface area (Å²) in [5.41, 5.74) is 6.59. The average Bonchev–Trinajstić information content (AvgIpc) is 2.85. The Morgan fingerprint density at radius 2 is 1.50 bits per heavy atom. The molecule has 0 saturated carbocycles. The van der Waals surface area contributed by atoms with Crippen LogP contribution in [0.3, 0.4) is 0 Å². The van der Waals surface area contributed by atoms with Crippen LogP contribution in [0.2, 0.25) is 0 Å². The minimum Gasteiger partial charge on any atom is -0.465 e. The summed E-state index contributed by atoms with van der Waals surface area (Å²) in [5, 5.41) is 54.8. The molecule has 1 amide bonds. The zero-order chi connectivity index (χ0) is 25.7. The molecular weight excluding hydrogens is 452 g/mol. The van der Waals surface area contributed by atoms with Gasteiger partial charge in [0.1, 0.15) is 18.0 Å². The normalized spacial score (nSPS) is 29.4. The van der Waals surface area contributed by atoms with E-state index in [2.05, 4.69) is 5.32 Å². The van der Waals surface area contributed by atoms with Crippen molar-refractivity contribution < 1.29 is 49.6 Å². The molecule has 12 nitrogen and oxygen atoms in total. The maximum Gasteiger partial charge on any atom is 0.243 e. The van der Waals surface area contributed by atoms with Gasteiger partial charge in [0.15, 0.2) is 0 Å². The summed E-state index contributed by atoms with van der Waals surface area (Å²) in [4.78, 5) is 12.5. The van der Waals surface area contributed by atoms with Crippen LogP contribution in [-0.2, 0) is 14.3 Å². The Balaban J connectivity index is 0.00000137. The van der Waals surface area contributed by atoms with Crippen LogP contribution >= 0.6 is 0 Å². The number of carbonyl (C=O) groups excluding carboxylic acids is 1. The highest BCUT2D eigenvalue weighted by molar-refractivity contribution is 5.83. The lowest BCUT2D eigenvalue weighted by atomic mass is 10.0. The monoisotopic (exact) mass is 490 g/mol. The zero-order valence-electron chi connectivity index (χ0n) is 19.5. The van der Waals surface area contributed by atoms with Crippen molar-refractivity contribution in [2.24, 2.45) is 5.73 Å². The van der Waals surface area contributed by atoms with Gasteiger partial charge < -0.3 is 55.9 Å². The second-order valence-electron chi connectivity index (χ2n) is 7.72. The summed E-state index contributed by atoms with van der Waals surface area (Å²) in [6.45, 7) is -0.432. The first-order valence-electron chi connectivity index (χ1n) is 11.0. The quantitative estimate of drug-likeness (QED) is 0.212. The summed E-state index contributed by atoms with van der Waals surface area (Å²) in [6, 6.07) is 5.62. The summed E-state index contributed by atoms with van der Waals surface area (Å²) >= 11 is 0. The summed E-state index contributed by atoms with van der Waals surface area (Å²) in [6.07, 6.45) is -2.48. The lowest BCUT2D eigenvalue weighted by Gasteiger charge is -2.33. The van der Waals surface area contributed by atoms with E-state index < -0.39 is 48.9 Å². The molecule has 1 aromatic rings. The molecule has 0 aromatic heterocycles. The molecule has 2 saturated heterocycles. The fourth-order valence-corrected chi connectivity index (χ4v) is 3.65. The Labute approximate surface area is 198 Å². The summed E-state index contributed by atoms with van der Waals surface area (Å²) in [5.74, 6) is 0.00986. The summed E-state index contributed by atoms with van der Waals surface area (Å²) in [7, 11) is 2.00. The van der Waals surface area contributed by atoms with E-state index in [0.717, 1.165) is 14.2 Å². The molecule has 0 bridgehead atoms. The molecule has 34 heavy (non-hydrogen) atoms. The van der Waals surface area contributed by atoms with Gasteiger partial charge in [-0.3, -0.25) is 4.79 Å². The Bertz CT molecular complexity index is 693. The van der Waals surface area contributed by atoms with Crippen molar-refractivity contribution in [1.82, 2.24) is 5.32 Å². The van der Waals surface area contributed by atoms with Gasteiger partial charge in [0.2, 0.25) is 12.2 Å². The van der Waals surface area contributed by atoms with Crippen molar-refractivity contribution in [1.29, 1.82) is 0 Å². The van der Waals surface area contributed by atoms with E-state index in [0.29, 0.717) is 30.6 Å². The number of hydrogen-bond acceptors (Lipinski definition) is 11. The highest BCUT2D eigenvalue weighted by Crippen LogP contribution is 2.25. The molecule has 0 radical (unpaired) electrons. The lowest BCUT2D eigenvalue weighted by Crippen LogP contribution is -2.49. The molecule has 3 rings (SSSR count). The molecule has 2 aliphatic heterocycles. The molecular formula is C22H38N2O10. The number of ether oxygens (including phenoxy) is 3. The summed E-state index contributed by atoms with van der Waals surface area (Å²) < 4.78 is 16.8. The van der Waals surface area contributed by atoms with Crippen LogP contribution in [0.5, 0.6) is 5.75 Å². The van der Waals surface area contributed by atoms with Crippen molar-refractivity contribution >= 4 is 5.91 Å². The highest BCUT2D eigenvalue weighted by atomic mass is 16.7. The highest BCUT2D eigenvalue weighted by Gasteiger charge is 2.31. The van der Waals surface area contributed by atoms with Crippen LogP contribution in [0.1, 0.15) is 37.3 Å². The molecule has 2 aliphatic rings. The average molecular weight is 491 g/mol. The van der Waals surface area contributed by atoms with Crippen molar-refractivity contribution in [2.75, 3.05) is 27.4 Å². The van der Waals surface area contributed by atoms with Gasteiger partial charge in [-0.2, -0.15) is 0 Å². The minimum absolute atomic E-state index is 0.194. The molecule has 196 valence electrons. The maximum absolute atomic E-state index is 12.5.